The minimum absolute atomic E-state index is 0.0370. The molecule has 0 N–H and O–H groups in total. The maximum Gasteiger partial charge on any atom is 0.244 e. The minimum Gasteiger partial charge on any atom is -0.207 e. The van der Waals surface area contributed by atoms with E-state index in [1.165, 1.54) is 12.1 Å². The van der Waals surface area contributed by atoms with E-state index in [9.17, 15) is 8.42 Å². The molecule has 1 aliphatic rings. The van der Waals surface area contributed by atoms with Crippen LogP contribution in [0.2, 0.25) is 10.0 Å². The summed E-state index contributed by atoms with van der Waals surface area (Å²) in [6, 6.07) is 2.99. The molecule has 1 aliphatic heterocycles. The summed E-state index contributed by atoms with van der Waals surface area (Å²) in [4.78, 5) is 0.101. The molecule has 1 heterocycles. The van der Waals surface area contributed by atoms with E-state index in [-0.39, 0.29) is 21.8 Å². The van der Waals surface area contributed by atoms with Crippen LogP contribution in [0.3, 0.4) is 0 Å². The van der Waals surface area contributed by atoms with Gasteiger partial charge in [-0.05, 0) is 37.0 Å². The summed E-state index contributed by atoms with van der Waals surface area (Å²) in [6.07, 6.45) is 3.63. The molecule has 0 spiro atoms. The molecule has 1 saturated heterocycles. The zero-order chi connectivity index (χ0) is 15.6. The van der Waals surface area contributed by atoms with Crippen LogP contribution in [0.1, 0.15) is 38.2 Å². The number of halogens is 3. The second-order valence-corrected chi connectivity index (χ2v) is 8.12. The normalized spacial score (nSPS) is 20.7. The van der Waals surface area contributed by atoms with E-state index in [0.29, 0.717) is 17.1 Å². The van der Waals surface area contributed by atoms with E-state index < -0.39 is 10.0 Å². The lowest BCUT2D eigenvalue weighted by Crippen LogP contribution is -2.43. The van der Waals surface area contributed by atoms with Crippen molar-refractivity contribution in [3.05, 3.63) is 27.7 Å². The molecule has 1 unspecified atom stereocenters. The predicted molar refractivity (Wildman–Crippen MR) is 87.8 cm³/mol. The molecular weight excluding hydrogens is 353 g/mol. The van der Waals surface area contributed by atoms with Crippen molar-refractivity contribution in [2.75, 3.05) is 6.54 Å². The van der Waals surface area contributed by atoms with Gasteiger partial charge in [0.2, 0.25) is 10.0 Å². The first kappa shape index (κ1) is 17.4. The smallest absolute Gasteiger partial charge is 0.207 e. The monoisotopic (exact) mass is 369 g/mol. The van der Waals surface area contributed by atoms with Crippen molar-refractivity contribution >= 4 is 44.8 Å². The van der Waals surface area contributed by atoms with Crippen LogP contribution < -0.4 is 0 Å². The molecular formula is C14H18Cl3NO2S. The summed E-state index contributed by atoms with van der Waals surface area (Å²) in [5, 5.41) is 0.536. The number of benzene rings is 1. The van der Waals surface area contributed by atoms with E-state index in [2.05, 4.69) is 0 Å². The van der Waals surface area contributed by atoms with Crippen molar-refractivity contribution in [1.82, 2.24) is 4.31 Å². The van der Waals surface area contributed by atoms with Gasteiger partial charge in [0.15, 0.2) is 0 Å². The van der Waals surface area contributed by atoms with Crippen molar-refractivity contribution in [3.63, 3.8) is 0 Å². The maximum absolute atomic E-state index is 12.9. The Kier molecular flexibility index (Phi) is 5.83. The largest absolute Gasteiger partial charge is 0.244 e. The van der Waals surface area contributed by atoms with Crippen LogP contribution in [0.15, 0.2) is 17.0 Å². The zero-order valence-electron chi connectivity index (χ0n) is 11.8. The minimum atomic E-state index is -3.62. The Morgan fingerprint density at radius 1 is 1.24 bits per heavy atom. The van der Waals surface area contributed by atoms with E-state index in [0.717, 1.165) is 25.7 Å². The van der Waals surface area contributed by atoms with Crippen LogP contribution in [0.5, 0.6) is 0 Å². The van der Waals surface area contributed by atoms with E-state index in [4.69, 9.17) is 34.8 Å². The summed E-state index contributed by atoms with van der Waals surface area (Å²) in [7, 11) is -3.62. The van der Waals surface area contributed by atoms with Crippen molar-refractivity contribution < 1.29 is 8.42 Å². The SMILES string of the molecule is CCC1CCCCN1S(=O)(=O)c1cc(CCl)c(Cl)cc1Cl. The Balaban J connectivity index is 2.48. The lowest BCUT2D eigenvalue weighted by Gasteiger charge is -2.34. The Morgan fingerprint density at radius 3 is 2.57 bits per heavy atom. The topological polar surface area (TPSA) is 37.4 Å². The Morgan fingerprint density at radius 2 is 1.95 bits per heavy atom. The fraction of sp³-hybridized carbons (Fsp3) is 0.571. The first-order valence-corrected chi connectivity index (χ1v) is 9.70. The fourth-order valence-corrected chi connectivity index (χ4v) is 5.59. The van der Waals surface area contributed by atoms with Gasteiger partial charge in [0.1, 0.15) is 4.90 Å². The van der Waals surface area contributed by atoms with E-state index in [1.54, 1.807) is 4.31 Å². The lowest BCUT2D eigenvalue weighted by atomic mass is 10.0. The third-order valence-electron chi connectivity index (χ3n) is 3.88. The van der Waals surface area contributed by atoms with Crippen molar-refractivity contribution in [1.29, 1.82) is 0 Å². The number of piperidine rings is 1. The highest BCUT2D eigenvalue weighted by Gasteiger charge is 2.34. The first-order valence-electron chi connectivity index (χ1n) is 6.97. The van der Waals surface area contributed by atoms with Gasteiger partial charge in [0.05, 0.1) is 5.02 Å². The molecule has 0 aliphatic carbocycles. The first-order chi connectivity index (χ1) is 9.91. The molecule has 1 atom stereocenters. The number of alkyl halides is 1. The van der Waals surface area contributed by atoms with Crippen molar-refractivity contribution in [2.24, 2.45) is 0 Å². The van der Waals surface area contributed by atoms with Crippen LogP contribution in [0, 0.1) is 0 Å². The second kappa shape index (κ2) is 7.05. The summed E-state index contributed by atoms with van der Waals surface area (Å²) in [6.45, 7) is 2.54. The Bertz CT molecular complexity index is 619. The summed E-state index contributed by atoms with van der Waals surface area (Å²) >= 11 is 17.9. The molecule has 0 bridgehead atoms. The van der Waals surface area contributed by atoms with Gasteiger partial charge in [-0.2, -0.15) is 4.31 Å². The Hall–Kier alpha value is -0.000000000000000111. The quantitative estimate of drug-likeness (QED) is 0.721. The maximum atomic E-state index is 12.9. The third kappa shape index (κ3) is 3.50. The number of hydrogen-bond acceptors (Lipinski definition) is 2. The van der Waals surface area contributed by atoms with Crippen molar-refractivity contribution in [2.45, 2.75) is 49.4 Å². The highest BCUT2D eigenvalue weighted by atomic mass is 35.5. The summed E-state index contributed by atoms with van der Waals surface area (Å²) < 4.78 is 27.4. The van der Waals surface area contributed by atoms with Gasteiger partial charge in [-0.3, -0.25) is 0 Å². The molecule has 0 aromatic heterocycles. The molecule has 0 radical (unpaired) electrons. The van der Waals surface area contributed by atoms with Gasteiger partial charge < -0.3 is 0 Å². The molecule has 0 saturated carbocycles. The second-order valence-electron chi connectivity index (χ2n) is 5.18. The molecule has 2 rings (SSSR count). The molecule has 3 nitrogen and oxygen atoms in total. The number of sulfonamides is 1. The van der Waals surface area contributed by atoms with Crippen LogP contribution >= 0.6 is 34.8 Å². The van der Waals surface area contributed by atoms with Gasteiger partial charge in [-0.1, -0.05) is 36.5 Å². The number of nitrogens with zero attached hydrogens (tertiary/aromatic N) is 1. The molecule has 1 fully saturated rings. The van der Waals surface area contributed by atoms with E-state index >= 15 is 0 Å². The highest BCUT2D eigenvalue weighted by Crippen LogP contribution is 2.34. The third-order valence-corrected chi connectivity index (χ3v) is 6.93. The van der Waals surface area contributed by atoms with Gasteiger partial charge >= 0.3 is 0 Å². The molecule has 21 heavy (non-hydrogen) atoms. The number of rotatable bonds is 4. The zero-order valence-corrected chi connectivity index (χ0v) is 14.9. The molecule has 118 valence electrons. The fourth-order valence-electron chi connectivity index (χ4n) is 2.70. The van der Waals surface area contributed by atoms with Gasteiger partial charge in [0.25, 0.3) is 0 Å². The lowest BCUT2D eigenvalue weighted by molar-refractivity contribution is 0.246. The molecule has 1 aromatic rings. The van der Waals surface area contributed by atoms with Gasteiger partial charge in [0, 0.05) is 23.5 Å². The highest BCUT2D eigenvalue weighted by molar-refractivity contribution is 7.89. The molecule has 7 heteroatoms. The van der Waals surface area contributed by atoms with Gasteiger partial charge in [-0.25, -0.2) is 8.42 Å². The standard InChI is InChI=1S/C14H18Cl3NO2S/c1-2-11-5-3-4-6-18(11)21(19,20)14-7-10(9-15)12(16)8-13(14)17/h7-8,11H,2-6,9H2,1H3. The summed E-state index contributed by atoms with van der Waals surface area (Å²) in [5.41, 5.74) is 0.575. The van der Waals surface area contributed by atoms with Crippen LogP contribution in [-0.4, -0.2) is 25.3 Å². The predicted octanol–water partition coefficient (Wildman–Crippen LogP) is 4.69. The van der Waals surface area contributed by atoms with E-state index in [1.807, 2.05) is 6.92 Å². The average molecular weight is 371 g/mol. The van der Waals surface area contributed by atoms with Crippen LogP contribution in [-0.2, 0) is 15.9 Å². The van der Waals surface area contributed by atoms with Crippen LogP contribution in [0.25, 0.3) is 0 Å². The molecule has 1 aromatic carbocycles. The Labute approximate surface area is 141 Å². The van der Waals surface area contributed by atoms with Crippen LogP contribution in [0.4, 0.5) is 0 Å². The average Bonchev–Trinajstić information content (AvgIpc) is 2.47. The summed E-state index contributed by atoms with van der Waals surface area (Å²) in [5.74, 6) is 0.149. The van der Waals surface area contributed by atoms with Crippen molar-refractivity contribution in [3.8, 4) is 0 Å². The number of hydrogen-bond donors (Lipinski definition) is 0. The van der Waals surface area contributed by atoms with Gasteiger partial charge in [-0.15, -0.1) is 11.6 Å². The molecule has 0 amide bonds.